The van der Waals surface area contributed by atoms with Crippen LogP contribution in [0.2, 0.25) is 0 Å². The maximum Gasteiger partial charge on any atom is 0.408 e. The van der Waals surface area contributed by atoms with Crippen molar-refractivity contribution in [1.29, 1.82) is 0 Å². The fourth-order valence-electron chi connectivity index (χ4n) is 3.31. The Hall–Kier alpha value is -4.05. The van der Waals surface area contributed by atoms with Crippen molar-refractivity contribution in [2.75, 3.05) is 25.6 Å². The van der Waals surface area contributed by atoms with Gasteiger partial charge in [-0.25, -0.2) is 4.79 Å². The van der Waals surface area contributed by atoms with E-state index in [1.54, 1.807) is 45.0 Å². The summed E-state index contributed by atoms with van der Waals surface area (Å²) in [5, 5.41) is 24.7. The average Bonchev–Trinajstić information content (AvgIpc) is 2.82. The molecular formula is C26H33N3O7. The zero-order valence-corrected chi connectivity index (χ0v) is 20.9. The Balaban J connectivity index is 2.41. The number of carbonyl (C=O) groups is 3. The number of nitrogens with one attached hydrogen (secondary N) is 2. The second-order valence-electron chi connectivity index (χ2n) is 8.87. The van der Waals surface area contributed by atoms with Crippen LogP contribution in [0.4, 0.5) is 10.5 Å². The van der Waals surface area contributed by atoms with Crippen LogP contribution in [-0.2, 0) is 14.3 Å². The lowest BCUT2D eigenvalue weighted by molar-refractivity contribution is -0.140. The summed E-state index contributed by atoms with van der Waals surface area (Å²) < 4.78 is 10.3. The van der Waals surface area contributed by atoms with Gasteiger partial charge in [-0.3, -0.25) is 9.59 Å². The second-order valence-corrected chi connectivity index (χ2v) is 8.87. The van der Waals surface area contributed by atoms with Crippen LogP contribution in [0.25, 0.3) is 0 Å². The van der Waals surface area contributed by atoms with Crippen LogP contribution in [0.1, 0.15) is 32.4 Å². The van der Waals surface area contributed by atoms with Crippen molar-refractivity contribution in [1.82, 2.24) is 10.2 Å². The molecule has 3 amide bonds. The summed E-state index contributed by atoms with van der Waals surface area (Å²) in [5.74, 6) is -0.707. The Kier molecular flexibility index (Phi) is 9.86. The maximum atomic E-state index is 13.5. The molecule has 0 spiro atoms. The van der Waals surface area contributed by atoms with Crippen molar-refractivity contribution in [3.63, 3.8) is 0 Å². The molecule has 36 heavy (non-hydrogen) atoms. The summed E-state index contributed by atoms with van der Waals surface area (Å²) in [5.41, 5.74) is 0.0324. The number of aliphatic hydroxyl groups is 1. The van der Waals surface area contributed by atoms with E-state index in [1.807, 2.05) is 0 Å². The monoisotopic (exact) mass is 499 g/mol. The third kappa shape index (κ3) is 8.02. The van der Waals surface area contributed by atoms with Gasteiger partial charge in [0.1, 0.15) is 29.2 Å². The van der Waals surface area contributed by atoms with Gasteiger partial charge in [-0.1, -0.05) is 18.2 Å². The number of amides is 3. The number of carbonyl (C=O) groups excluding carboxylic acids is 3. The second kappa shape index (κ2) is 12.6. The minimum absolute atomic E-state index is 0.0190. The molecule has 0 radical (unpaired) electrons. The highest BCUT2D eigenvalue weighted by Gasteiger charge is 2.35. The van der Waals surface area contributed by atoms with Crippen molar-refractivity contribution >= 4 is 23.6 Å². The highest BCUT2D eigenvalue weighted by Crippen LogP contribution is 2.26. The summed E-state index contributed by atoms with van der Waals surface area (Å²) in [6.07, 6.45) is 0.533. The van der Waals surface area contributed by atoms with Crippen LogP contribution in [0, 0.1) is 0 Å². The number of aromatic hydroxyl groups is 1. The third-order valence-electron chi connectivity index (χ3n) is 4.91. The van der Waals surface area contributed by atoms with Gasteiger partial charge >= 0.3 is 6.09 Å². The summed E-state index contributed by atoms with van der Waals surface area (Å²) in [7, 11) is 1.52. The van der Waals surface area contributed by atoms with E-state index in [0.29, 0.717) is 17.0 Å². The molecule has 0 bridgehead atoms. The topological polar surface area (TPSA) is 137 Å². The fraction of sp³-hybridized carbons (Fsp3) is 0.346. The van der Waals surface area contributed by atoms with E-state index in [4.69, 9.17) is 9.47 Å². The van der Waals surface area contributed by atoms with Crippen LogP contribution >= 0.6 is 0 Å². The molecule has 0 fully saturated rings. The van der Waals surface area contributed by atoms with E-state index in [2.05, 4.69) is 17.2 Å². The minimum Gasteiger partial charge on any atom is -0.508 e. The number of ether oxygens (including phenoxy) is 2. The molecule has 0 aromatic heterocycles. The molecule has 0 aliphatic rings. The molecule has 0 saturated carbocycles. The smallest absolute Gasteiger partial charge is 0.408 e. The van der Waals surface area contributed by atoms with Crippen molar-refractivity contribution in [2.24, 2.45) is 0 Å². The molecule has 2 rings (SSSR count). The van der Waals surface area contributed by atoms with Gasteiger partial charge in [-0.15, -0.1) is 6.58 Å². The normalized spacial score (nSPS) is 12.6. The van der Waals surface area contributed by atoms with Crippen LogP contribution in [-0.4, -0.2) is 64.9 Å². The number of aliphatic hydroxyl groups excluding tert-OH is 1. The van der Waals surface area contributed by atoms with E-state index >= 15 is 0 Å². The highest BCUT2D eigenvalue weighted by molar-refractivity contribution is 5.99. The standard InChI is InChI=1S/C26H33N3O7/c1-6-15-29(24(33)21(16-30)28-25(34)36-26(2,3)4)22(17-7-11-19(31)12-8-17)23(32)27-18-9-13-20(35-5)14-10-18/h6-14,21-22,30-31H,1,15-16H2,2-5H3,(H,27,32)(H,28,34). The molecular weight excluding hydrogens is 466 g/mol. The largest absolute Gasteiger partial charge is 0.508 e. The molecule has 0 aliphatic heterocycles. The predicted molar refractivity (Wildman–Crippen MR) is 135 cm³/mol. The first-order chi connectivity index (χ1) is 17.0. The predicted octanol–water partition coefficient (Wildman–Crippen LogP) is 2.98. The number of phenolic OH excluding ortho intramolecular Hbond substituents is 1. The van der Waals surface area contributed by atoms with Crippen molar-refractivity contribution in [2.45, 2.75) is 38.5 Å². The van der Waals surface area contributed by atoms with Crippen LogP contribution < -0.4 is 15.4 Å². The van der Waals surface area contributed by atoms with Crippen LogP contribution in [0.3, 0.4) is 0 Å². The Morgan fingerprint density at radius 3 is 2.19 bits per heavy atom. The number of anilines is 1. The Morgan fingerprint density at radius 1 is 1.08 bits per heavy atom. The van der Waals surface area contributed by atoms with E-state index in [1.165, 1.54) is 42.4 Å². The van der Waals surface area contributed by atoms with Crippen molar-refractivity contribution in [3.8, 4) is 11.5 Å². The molecule has 0 saturated heterocycles. The Labute approximate surface area is 210 Å². The van der Waals surface area contributed by atoms with Crippen molar-refractivity contribution in [3.05, 3.63) is 66.7 Å². The van der Waals surface area contributed by atoms with Gasteiger partial charge < -0.3 is 35.2 Å². The van der Waals surface area contributed by atoms with Gasteiger partial charge in [0.2, 0.25) is 5.91 Å². The zero-order chi connectivity index (χ0) is 26.9. The lowest BCUT2D eigenvalue weighted by Gasteiger charge is -2.33. The SMILES string of the molecule is C=CCN(C(=O)C(CO)NC(=O)OC(C)(C)C)C(C(=O)Nc1ccc(OC)cc1)c1ccc(O)cc1. The minimum atomic E-state index is -1.38. The molecule has 2 atom stereocenters. The lowest BCUT2D eigenvalue weighted by atomic mass is 10.0. The highest BCUT2D eigenvalue weighted by atomic mass is 16.6. The molecule has 10 nitrogen and oxygen atoms in total. The van der Waals surface area contributed by atoms with Crippen LogP contribution in [0.5, 0.6) is 11.5 Å². The van der Waals surface area contributed by atoms with Gasteiger partial charge in [0.25, 0.3) is 5.91 Å². The Bertz CT molecular complexity index is 1050. The number of phenols is 1. The summed E-state index contributed by atoms with van der Waals surface area (Å²) in [4.78, 5) is 40.4. The number of methoxy groups -OCH3 is 1. The van der Waals surface area contributed by atoms with Gasteiger partial charge in [-0.05, 0) is 62.7 Å². The van der Waals surface area contributed by atoms with Gasteiger partial charge in [-0.2, -0.15) is 0 Å². The molecule has 0 heterocycles. The lowest BCUT2D eigenvalue weighted by Crippen LogP contribution is -2.53. The number of benzene rings is 2. The summed E-state index contributed by atoms with van der Waals surface area (Å²) in [6.45, 7) is 7.86. The van der Waals surface area contributed by atoms with E-state index < -0.39 is 42.2 Å². The van der Waals surface area contributed by atoms with E-state index in [0.717, 1.165) is 0 Å². The van der Waals surface area contributed by atoms with Gasteiger partial charge in [0.05, 0.1) is 13.7 Å². The maximum absolute atomic E-state index is 13.5. The van der Waals surface area contributed by atoms with E-state index in [-0.39, 0.29) is 12.3 Å². The van der Waals surface area contributed by atoms with E-state index in [9.17, 15) is 24.6 Å². The number of hydrogen-bond acceptors (Lipinski definition) is 7. The first-order valence-electron chi connectivity index (χ1n) is 11.2. The number of alkyl carbamates (subject to hydrolysis) is 1. The zero-order valence-electron chi connectivity index (χ0n) is 20.9. The molecule has 2 aromatic carbocycles. The molecule has 194 valence electrons. The summed E-state index contributed by atoms with van der Waals surface area (Å²) >= 11 is 0. The molecule has 0 aliphatic carbocycles. The van der Waals surface area contributed by atoms with Crippen molar-refractivity contribution < 1.29 is 34.1 Å². The first-order valence-corrected chi connectivity index (χ1v) is 11.2. The molecule has 4 N–H and O–H groups in total. The van der Waals surface area contributed by atoms with Gasteiger partial charge in [0, 0.05) is 12.2 Å². The van der Waals surface area contributed by atoms with Gasteiger partial charge in [0.15, 0.2) is 0 Å². The molecule has 10 heteroatoms. The quantitative estimate of drug-likeness (QED) is 0.369. The Morgan fingerprint density at radius 2 is 1.69 bits per heavy atom. The number of nitrogens with zero attached hydrogens (tertiary/aromatic N) is 1. The summed E-state index contributed by atoms with van der Waals surface area (Å²) in [6, 6.07) is 9.85. The first kappa shape index (κ1) is 28.2. The van der Waals surface area contributed by atoms with Crippen LogP contribution in [0.15, 0.2) is 61.2 Å². The number of hydrogen-bond donors (Lipinski definition) is 4. The molecule has 2 aromatic rings. The molecule has 2 unspecified atom stereocenters. The third-order valence-corrected chi connectivity index (χ3v) is 4.91. The average molecular weight is 500 g/mol. The fourth-order valence-corrected chi connectivity index (χ4v) is 3.31. The number of rotatable bonds is 10.